The lowest BCUT2D eigenvalue weighted by atomic mass is 10.0. The van der Waals surface area contributed by atoms with Crippen molar-refractivity contribution in [1.82, 2.24) is 20.4 Å². The Morgan fingerprint density at radius 3 is 2.35 bits per heavy atom. The molecule has 1 atom stereocenters. The van der Waals surface area contributed by atoms with Crippen LogP contribution in [0.4, 0.5) is 0 Å². The fraction of sp³-hybridized carbons (Fsp3) is 0.417. The van der Waals surface area contributed by atoms with Crippen molar-refractivity contribution in [2.24, 2.45) is 0 Å². The number of likely N-dealkylation sites (N-methyl/N-ethyl adjacent to an activating group) is 1. The van der Waals surface area contributed by atoms with Crippen molar-refractivity contribution in [3.63, 3.8) is 0 Å². The van der Waals surface area contributed by atoms with E-state index in [-0.39, 0.29) is 12.6 Å². The maximum atomic E-state index is 12.4. The van der Waals surface area contributed by atoms with Crippen LogP contribution >= 0.6 is 0 Å². The Morgan fingerprint density at radius 2 is 1.68 bits per heavy atom. The Labute approximate surface area is 184 Å². The molecule has 0 bridgehead atoms. The highest BCUT2D eigenvalue weighted by Gasteiger charge is 2.25. The summed E-state index contributed by atoms with van der Waals surface area (Å²) in [6.07, 6.45) is 0. The number of methoxy groups -OCH3 is 1. The quantitative estimate of drug-likeness (QED) is 0.663. The van der Waals surface area contributed by atoms with E-state index in [9.17, 15) is 9.59 Å². The van der Waals surface area contributed by atoms with Crippen LogP contribution < -0.4 is 15.4 Å². The van der Waals surface area contributed by atoms with Crippen molar-refractivity contribution in [3.05, 3.63) is 65.2 Å². The third-order valence-electron chi connectivity index (χ3n) is 5.69. The third-order valence-corrected chi connectivity index (χ3v) is 5.69. The molecule has 1 saturated heterocycles. The zero-order valence-corrected chi connectivity index (χ0v) is 18.6. The van der Waals surface area contributed by atoms with Gasteiger partial charge in [-0.25, -0.2) is 0 Å². The van der Waals surface area contributed by atoms with Crippen molar-refractivity contribution >= 4 is 11.8 Å². The molecule has 0 spiro atoms. The number of piperazine rings is 1. The summed E-state index contributed by atoms with van der Waals surface area (Å²) in [5, 5.41) is 5.51. The van der Waals surface area contributed by atoms with Gasteiger partial charge in [-0.1, -0.05) is 42.0 Å². The molecule has 1 heterocycles. The summed E-state index contributed by atoms with van der Waals surface area (Å²) >= 11 is 0. The molecule has 166 valence electrons. The number of carbonyl (C=O) groups is 2. The molecule has 2 N–H and O–H groups in total. The summed E-state index contributed by atoms with van der Waals surface area (Å²) in [6, 6.07) is 15.8. The van der Waals surface area contributed by atoms with Crippen molar-refractivity contribution in [2.75, 3.05) is 46.9 Å². The van der Waals surface area contributed by atoms with E-state index in [2.05, 4.69) is 58.7 Å². The molecule has 2 aromatic rings. The second-order valence-electron chi connectivity index (χ2n) is 8.01. The summed E-state index contributed by atoms with van der Waals surface area (Å²) in [7, 11) is 3.71. The van der Waals surface area contributed by atoms with E-state index in [0.29, 0.717) is 12.3 Å². The smallest absolute Gasteiger partial charge is 0.309 e. The van der Waals surface area contributed by atoms with Gasteiger partial charge in [-0.2, -0.15) is 0 Å². The third kappa shape index (κ3) is 6.54. The van der Waals surface area contributed by atoms with Crippen LogP contribution in [0.2, 0.25) is 0 Å². The molecule has 2 aromatic carbocycles. The van der Waals surface area contributed by atoms with Gasteiger partial charge in [0.25, 0.3) is 0 Å². The molecular formula is C24H32N4O3. The predicted molar refractivity (Wildman–Crippen MR) is 121 cm³/mol. The van der Waals surface area contributed by atoms with Crippen LogP contribution in [0.3, 0.4) is 0 Å². The molecule has 3 rings (SSSR count). The molecule has 0 unspecified atom stereocenters. The van der Waals surface area contributed by atoms with Gasteiger partial charge in [-0.15, -0.1) is 0 Å². The minimum atomic E-state index is -0.635. The predicted octanol–water partition coefficient (Wildman–Crippen LogP) is 1.72. The number of ether oxygens (including phenoxy) is 1. The van der Waals surface area contributed by atoms with Crippen molar-refractivity contribution in [3.8, 4) is 5.75 Å². The van der Waals surface area contributed by atoms with E-state index in [1.807, 2.05) is 24.3 Å². The van der Waals surface area contributed by atoms with Crippen LogP contribution in [-0.4, -0.2) is 68.5 Å². The maximum Gasteiger partial charge on any atom is 0.309 e. The number of hydrogen-bond acceptors (Lipinski definition) is 5. The average Bonchev–Trinajstić information content (AvgIpc) is 2.79. The lowest BCUT2D eigenvalue weighted by molar-refractivity contribution is -0.139. The van der Waals surface area contributed by atoms with Crippen LogP contribution in [0.5, 0.6) is 5.75 Å². The normalized spacial score (nSPS) is 15.8. The summed E-state index contributed by atoms with van der Waals surface area (Å²) in [6.45, 7) is 6.53. The second-order valence-corrected chi connectivity index (χ2v) is 8.01. The molecule has 0 radical (unpaired) electrons. The highest BCUT2D eigenvalue weighted by atomic mass is 16.5. The Bertz CT molecular complexity index is 877. The van der Waals surface area contributed by atoms with Gasteiger partial charge < -0.3 is 20.3 Å². The lowest BCUT2D eigenvalue weighted by Crippen LogP contribution is -2.49. The molecule has 31 heavy (non-hydrogen) atoms. The van der Waals surface area contributed by atoms with E-state index in [1.54, 1.807) is 7.11 Å². The molecule has 2 amide bonds. The monoisotopic (exact) mass is 424 g/mol. The number of benzene rings is 2. The first-order valence-electron chi connectivity index (χ1n) is 10.6. The van der Waals surface area contributed by atoms with Crippen LogP contribution in [0, 0.1) is 6.92 Å². The first kappa shape index (κ1) is 22.8. The molecule has 1 aliphatic heterocycles. The molecule has 1 fully saturated rings. The van der Waals surface area contributed by atoms with E-state index in [4.69, 9.17) is 4.74 Å². The number of nitrogens with one attached hydrogen (secondary N) is 2. The van der Waals surface area contributed by atoms with Gasteiger partial charge in [-0.3, -0.25) is 14.5 Å². The zero-order valence-electron chi connectivity index (χ0n) is 18.6. The molecule has 7 heteroatoms. The van der Waals surface area contributed by atoms with Gasteiger partial charge in [-0.05, 0) is 37.2 Å². The first-order valence-corrected chi connectivity index (χ1v) is 10.6. The topological polar surface area (TPSA) is 73.9 Å². The minimum Gasteiger partial charge on any atom is -0.497 e. The first-order chi connectivity index (χ1) is 15.0. The van der Waals surface area contributed by atoms with Crippen molar-refractivity contribution < 1.29 is 14.3 Å². The number of hydrogen-bond donors (Lipinski definition) is 2. The van der Waals surface area contributed by atoms with Gasteiger partial charge in [0.15, 0.2) is 0 Å². The van der Waals surface area contributed by atoms with Gasteiger partial charge in [0.2, 0.25) is 0 Å². The van der Waals surface area contributed by atoms with Crippen LogP contribution in [0.25, 0.3) is 0 Å². The summed E-state index contributed by atoms with van der Waals surface area (Å²) in [4.78, 5) is 29.4. The van der Waals surface area contributed by atoms with E-state index in [1.165, 1.54) is 5.56 Å². The molecule has 1 aliphatic rings. The lowest BCUT2D eigenvalue weighted by Gasteiger charge is -2.38. The van der Waals surface area contributed by atoms with Crippen LogP contribution in [-0.2, 0) is 16.1 Å². The van der Waals surface area contributed by atoms with Crippen LogP contribution in [0.15, 0.2) is 48.5 Å². The zero-order chi connectivity index (χ0) is 22.2. The molecule has 0 saturated carbocycles. The fourth-order valence-electron chi connectivity index (χ4n) is 3.69. The number of nitrogens with zero attached hydrogens (tertiary/aromatic N) is 2. The summed E-state index contributed by atoms with van der Waals surface area (Å²) < 4.78 is 5.19. The van der Waals surface area contributed by atoms with Gasteiger partial charge in [0, 0.05) is 39.3 Å². The SMILES string of the molecule is COc1cccc(CNC(=O)C(=O)NC[C@@H](c2ccc(C)cc2)N2CCN(C)CC2)c1. The largest absolute Gasteiger partial charge is 0.497 e. The fourth-order valence-corrected chi connectivity index (χ4v) is 3.69. The highest BCUT2D eigenvalue weighted by molar-refractivity contribution is 6.35. The Kier molecular flexibility index (Phi) is 8.03. The van der Waals surface area contributed by atoms with Crippen molar-refractivity contribution in [2.45, 2.75) is 19.5 Å². The number of carbonyl (C=O) groups excluding carboxylic acids is 2. The van der Waals surface area contributed by atoms with E-state index in [0.717, 1.165) is 37.3 Å². The van der Waals surface area contributed by atoms with Crippen molar-refractivity contribution in [1.29, 1.82) is 0 Å². The Balaban J connectivity index is 1.58. The molecule has 7 nitrogen and oxygen atoms in total. The van der Waals surface area contributed by atoms with Gasteiger partial charge in [0.1, 0.15) is 5.75 Å². The van der Waals surface area contributed by atoms with E-state index >= 15 is 0 Å². The Morgan fingerprint density at radius 1 is 1.00 bits per heavy atom. The summed E-state index contributed by atoms with van der Waals surface area (Å²) in [5.74, 6) is -0.540. The highest BCUT2D eigenvalue weighted by Crippen LogP contribution is 2.22. The summed E-state index contributed by atoms with van der Waals surface area (Å²) in [5.41, 5.74) is 3.21. The van der Waals surface area contributed by atoms with Gasteiger partial charge >= 0.3 is 11.8 Å². The molecule has 0 aliphatic carbocycles. The average molecular weight is 425 g/mol. The molecule has 0 aromatic heterocycles. The van der Waals surface area contributed by atoms with Gasteiger partial charge in [0.05, 0.1) is 13.2 Å². The number of amides is 2. The maximum absolute atomic E-state index is 12.4. The van der Waals surface area contributed by atoms with E-state index < -0.39 is 11.8 Å². The minimum absolute atomic E-state index is 0.0319. The van der Waals surface area contributed by atoms with Crippen LogP contribution in [0.1, 0.15) is 22.7 Å². The number of aryl methyl sites for hydroxylation is 1. The molecular weight excluding hydrogens is 392 g/mol. The Hall–Kier alpha value is -2.90. The standard InChI is InChI=1S/C24H32N4O3/c1-18-7-9-20(10-8-18)22(28-13-11-27(2)12-14-28)17-26-24(30)23(29)25-16-19-5-4-6-21(15-19)31-3/h4-10,15,22H,11-14,16-17H2,1-3H3,(H,25,29)(H,26,30)/t22-/m0/s1. The number of rotatable bonds is 7. The second kappa shape index (κ2) is 10.9.